The maximum atomic E-state index is 13.2. The normalized spacial score (nSPS) is 12.7. The molecule has 0 unspecified atom stereocenters. The molecule has 182 valence electrons. The van der Waals surface area contributed by atoms with E-state index in [-0.39, 0.29) is 30.7 Å². The van der Waals surface area contributed by atoms with Crippen LogP contribution < -0.4 is 4.90 Å². The van der Waals surface area contributed by atoms with E-state index >= 15 is 0 Å². The molecule has 3 heterocycles. The number of nitrogens with zero attached hydrogens (tertiary/aromatic N) is 4. The van der Waals surface area contributed by atoms with Crippen LogP contribution in [-0.2, 0) is 17.9 Å². The number of aromatic nitrogens is 3. The second-order valence-electron chi connectivity index (χ2n) is 7.99. The van der Waals surface area contributed by atoms with Crippen molar-refractivity contribution < 1.29 is 4.79 Å². The lowest BCUT2D eigenvalue weighted by Crippen LogP contribution is -2.36. The van der Waals surface area contributed by atoms with E-state index in [0.29, 0.717) is 18.8 Å². The van der Waals surface area contributed by atoms with Gasteiger partial charge >= 0.3 is 0 Å². The van der Waals surface area contributed by atoms with Gasteiger partial charge < -0.3 is 14.8 Å². The molecule has 5 rings (SSSR count). The van der Waals surface area contributed by atoms with Crippen molar-refractivity contribution >= 4 is 48.2 Å². The number of benzene rings is 2. The fourth-order valence-electron chi connectivity index (χ4n) is 4.10. The molecule has 1 aliphatic rings. The minimum absolute atomic E-state index is 0. The molecule has 6 nitrogen and oxygen atoms in total. The number of hydrogen-bond donors (Lipinski definition) is 1. The minimum Gasteiger partial charge on any atom is -0.364 e. The van der Waals surface area contributed by atoms with Crippen LogP contribution in [0, 0.1) is 0 Å². The fraction of sp³-hybridized carbons (Fsp3) is 0.192. The molecule has 1 aliphatic heterocycles. The Labute approximate surface area is 222 Å². The molecule has 0 saturated heterocycles. The molecule has 0 aliphatic carbocycles. The van der Waals surface area contributed by atoms with Gasteiger partial charge in [0.2, 0.25) is 5.91 Å². The van der Waals surface area contributed by atoms with E-state index in [1.54, 1.807) is 30.5 Å². The average Bonchev–Trinajstić information content (AvgIpc) is 3.31. The van der Waals surface area contributed by atoms with Crippen LogP contribution in [0.15, 0.2) is 90.5 Å². The molecule has 0 spiro atoms. The molecule has 0 fully saturated rings. The van der Waals surface area contributed by atoms with Crippen LogP contribution >= 0.6 is 36.6 Å². The maximum Gasteiger partial charge on any atom is 0.233 e. The smallest absolute Gasteiger partial charge is 0.233 e. The van der Waals surface area contributed by atoms with Crippen molar-refractivity contribution in [2.45, 2.75) is 18.0 Å². The van der Waals surface area contributed by atoms with E-state index in [2.05, 4.69) is 62.3 Å². The minimum atomic E-state index is 0. The van der Waals surface area contributed by atoms with Crippen LogP contribution in [0.1, 0.15) is 11.3 Å². The van der Waals surface area contributed by atoms with E-state index in [0.717, 1.165) is 34.8 Å². The van der Waals surface area contributed by atoms with Crippen molar-refractivity contribution in [2.75, 3.05) is 23.7 Å². The summed E-state index contributed by atoms with van der Waals surface area (Å²) in [5.41, 5.74) is 5.73. The van der Waals surface area contributed by atoms with E-state index in [9.17, 15) is 4.79 Å². The highest BCUT2D eigenvalue weighted by Crippen LogP contribution is 2.31. The van der Waals surface area contributed by atoms with Crippen LogP contribution in [0.5, 0.6) is 0 Å². The van der Waals surface area contributed by atoms with Crippen molar-refractivity contribution in [1.82, 2.24) is 19.9 Å². The summed E-state index contributed by atoms with van der Waals surface area (Å²) in [5.74, 6) is 0.564. The van der Waals surface area contributed by atoms with E-state index in [4.69, 9.17) is 0 Å². The number of aromatic amines is 1. The van der Waals surface area contributed by atoms with Crippen molar-refractivity contribution in [3.05, 3.63) is 96.8 Å². The zero-order valence-corrected chi connectivity index (χ0v) is 21.5. The SMILES string of the molecule is Cl.Cl.O=C(CSc1ccncc1)N1CCN(Cc2cnc[nH]2)c2ccc(-c3ccccc3)cc2C1. The van der Waals surface area contributed by atoms with Gasteiger partial charge in [0.1, 0.15) is 0 Å². The molecule has 1 amide bonds. The van der Waals surface area contributed by atoms with E-state index < -0.39 is 0 Å². The first kappa shape index (κ1) is 26.6. The van der Waals surface area contributed by atoms with Gasteiger partial charge in [-0.3, -0.25) is 9.78 Å². The van der Waals surface area contributed by atoms with Crippen LogP contribution in [0.3, 0.4) is 0 Å². The summed E-state index contributed by atoms with van der Waals surface area (Å²) in [5, 5.41) is 0. The Bertz CT molecular complexity index is 1210. The summed E-state index contributed by atoms with van der Waals surface area (Å²) in [7, 11) is 0. The van der Waals surface area contributed by atoms with Crippen molar-refractivity contribution in [3.8, 4) is 11.1 Å². The molecule has 2 aromatic carbocycles. The number of hydrogen-bond acceptors (Lipinski definition) is 5. The van der Waals surface area contributed by atoms with Gasteiger partial charge in [-0.15, -0.1) is 36.6 Å². The quantitative estimate of drug-likeness (QED) is 0.337. The Kier molecular flexibility index (Phi) is 9.60. The fourth-order valence-corrected chi connectivity index (χ4v) is 4.89. The van der Waals surface area contributed by atoms with Crippen molar-refractivity contribution in [3.63, 3.8) is 0 Å². The lowest BCUT2D eigenvalue weighted by molar-refractivity contribution is -0.128. The molecule has 0 bridgehead atoms. The van der Waals surface area contributed by atoms with Crippen LogP contribution in [-0.4, -0.2) is 44.6 Å². The number of fused-ring (bicyclic) bond motifs is 1. The largest absolute Gasteiger partial charge is 0.364 e. The number of nitrogens with one attached hydrogen (secondary N) is 1. The number of carbonyl (C=O) groups is 1. The predicted molar refractivity (Wildman–Crippen MR) is 146 cm³/mol. The second kappa shape index (κ2) is 12.6. The van der Waals surface area contributed by atoms with Crippen LogP contribution in [0.2, 0.25) is 0 Å². The first-order valence-corrected chi connectivity index (χ1v) is 12.0. The zero-order valence-electron chi connectivity index (χ0n) is 19.0. The Morgan fingerprint density at radius 2 is 1.74 bits per heavy atom. The summed E-state index contributed by atoms with van der Waals surface area (Å²) < 4.78 is 0. The van der Waals surface area contributed by atoms with Gasteiger partial charge in [-0.05, 0) is 41.0 Å². The molecule has 1 N–H and O–H groups in total. The zero-order chi connectivity index (χ0) is 22.5. The van der Waals surface area contributed by atoms with Crippen LogP contribution in [0.4, 0.5) is 5.69 Å². The highest BCUT2D eigenvalue weighted by Gasteiger charge is 2.24. The third-order valence-corrected chi connectivity index (χ3v) is 6.81. The monoisotopic (exact) mass is 527 g/mol. The molecule has 4 aromatic rings. The first-order valence-electron chi connectivity index (χ1n) is 11.0. The number of imidazole rings is 1. The third kappa shape index (κ3) is 6.57. The highest BCUT2D eigenvalue weighted by atomic mass is 35.5. The van der Waals surface area contributed by atoms with Crippen molar-refractivity contribution in [2.24, 2.45) is 0 Å². The molecule has 0 radical (unpaired) electrons. The van der Waals surface area contributed by atoms with Gasteiger partial charge in [0.25, 0.3) is 0 Å². The third-order valence-electron chi connectivity index (χ3n) is 5.81. The van der Waals surface area contributed by atoms with E-state index in [1.807, 2.05) is 29.3 Å². The highest BCUT2D eigenvalue weighted by molar-refractivity contribution is 8.00. The molecular formula is C26H27Cl2N5OS. The van der Waals surface area contributed by atoms with Gasteiger partial charge in [0.05, 0.1) is 24.3 Å². The Hall–Kier alpha value is -3.00. The Morgan fingerprint density at radius 3 is 2.49 bits per heavy atom. The summed E-state index contributed by atoms with van der Waals surface area (Å²) >= 11 is 1.56. The van der Waals surface area contributed by atoms with Gasteiger partial charge in [-0.25, -0.2) is 4.98 Å². The number of thioether (sulfide) groups is 1. The molecule has 9 heteroatoms. The number of H-pyrrole nitrogens is 1. The average molecular weight is 529 g/mol. The Balaban J connectivity index is 0.00000171. The lowest BCUT2D eigenvalue weighted by Gasteiger charge is -2.24. The number of pyridine rings is 1. The summed E-state index contributed by atoms with van der Waals surface area (Å²) in [6.07, 6.45) is 7.08. The molecule has 35 heavy (non-hydrogen) atoms. The molecule has 2 aromatic heterocycles. The standard InChI is InChI=1S/C26H25N5OS.2ClH/c32-26(18-33-24-8-10-27-11-9-24)31-13-12-30(17-23-15-28-19-29-23)25-7-6-21(14-22(25)16-31)20-4-2-1-3-5-20;;/h1-11,14-15,19H,12-13,16-18H2,(H,28,29);2*1H. The number of rotatable bonds is 6. The number of amides is 1. The summed E-state index contributed by atoms with van der Waals surface area (Å²) in [6.45, 7) is 2.78. The van der Waals surface area contributed by atoms with Gasteiger partial charge in [0, 0.05) is 48.8 Å². The Morgan fingerprint density at radius 1 is 0.943 bits per heavy atom. The summed E-state index contributed by atoms with van der Waals surface area (Å²) in [4.78, 5) is 30.0. The first-order chi connectivity index (χ1) is 16.3. The molecule has 0 atom stereocenters. The lowest BCUT2D eigenvalue weighted by atomic mass is 10.0. The van der Waals surface area contributed by atoms with Crippen molar-refractivity contribution in [1.29, 1.82) is 0 Å². The van der Waals surface area contributed by atoms with E-state index in [1.165, 1.54) is 11.3 Å². The topological polar surface area (TPSA) is 65.1 Å². The predicted octanol–water partition coefficient (Wildman–Crippen LogP) is 5.46. The maximum absolute atomic E-state index is 13.2. The summed E-state index contributed by atoms with van der Waals surface area (Å²) in [6, 6.07) is 20.8. The van der Waals surface area contributed by atoms with Gasteiger partial charge in [-0.1, -0.05) is 36.4 Å². The van der Waals surface area contributed by atoms with Crippen LogP contribution in [0.25, 0.3) is 11.1 Å². The molecular weight excluding hydrogens is 501 g/mol. The number of carbonyl (C=O) groups excluding carboxylic acids is 1. The number of anilines is 1. The second-order valence-corrected chi connectivity index (χ2v) is 9.04. The molecule has 0 saturated carbocycles. The van der Waals surface area contributed by atoms with Gasteiger partial charge in [-0.2, -0.15) is 0 Å². The van der Waals surface area contributed by atoms with Gasteiger partial charge in [0.15, 0.2) is 0 Å². The number of halogens is 2.